The van der Waals surface area contributed by atoms with Crippen LogP contribution in [-0.4, -0.2) is 37.1 Å². The predicted octanol–water partition coefficient (Wildman–Crippen LogP) is 4.78. The van der Waals surface area contributed by atoms with E-state index in [1.165, 1.54) is 22.4 Å². The predicted molar refractivity (Wildman–Crippen MR) is 109 cm³/mol. The second kappa shape index (κ2) is 7.81. The van der Waals surface area contributed by atoms with E-state index >= 15 is 0 Å². The SMILES string of the molecule is Cc1ccc(NC(=O)N2CCN(c3c(C)cccc3C(C)C)CC2)cc1. The molecule has 0 spiro atoms. The topological polar surface area (TPSA) is 35.6 Å². The van der Waals surface area contributed by atoms with Gasteiger partial charge in [0.2, 0.25) is 0 Å². The van der Waals surface area contributed by atoms with Crippen molar-refractivity contribution in [1.29, 1.82) is 0 Å². The Hall–Kier alpha value is -2.49. The van der Waals surface area contributed by atoms with Crippen LogP contribution in [0.3, 0.4) is 0 Å². The highest BCUT2D eigenvalue weighted by molar-refractivity contribution is 5.89. The van der Waals surface area contributed by atoms with Crippen LogP contribution in [-0.2, 0) is 0 Å². The first-order valence-electron chi connectivity index (χ1n) is 9.43. The highest BCUT2D eigenvalue weighted by Crippen LogP contribution is 2.31. The lowest BCUT2D eigenvalue weighted by atomic mass is 9.97. The van der Waals surface area contributed by atoms with E-state index < -0.39 is 0 Å². The zero-order valence-corrected chi connectivity index (χ0v) is 16.2. The van der Waals surface area contributed by atoms with E-state index in [0.29, 0.717) is 5.92 Å². The maximum atomic E-state index is 12.5. The number of amides is 2. The number of carbonyl (C=O) groups is 1. The molecule has 1 heterocycles. The molecule has 1 aliphatic rings. The number of hydrogen-bond donors (Lipinski definition) is 1. The Morgan fingerprint density at radius 2 is 1.62 bits per heavy atom. The van der Waals surface area contributed by atoms with Crippen molar-refractivity contribution in [2.45, 2.75) is 33.6 Å². The van der Waals surface area contributed by atoms with E-state index in [1.807, 2.05) is 36.1 Å². The van der Waals surface area contributed by atoms with Crippen LogP contribution in [0.4, 0.5) is 16.2 Å². The lowest BCUT2D eigenvalue weighted by Crippen LogP contribution is -2.50. The third-order valence-corrected chi connectivity index (χ3v) is 5.08. The Labute approximate surface area is 156 Å². The summed E-state index contributed by atoms with van der Waals surface area (Å²) in [7, 11) is 0. The summed E-state index contributed by atoms with van der Waals surface area (Å²) in [5, 5.41) is 3.00. The number of benzene rings is 2. The Morgan fingerprint density at radius 1 is 0.962 bits per heavy atom. The summed E-state index contributed by atoms with van der Waals surface area (Å²) in [4.78, 5) is 16.9. The van der Waals surface area contributed by atoms with Crippen LogP contribution in [0, 0.1) is 13.8 Å². The molecule has 0 atom stereocenters. The van der Waals surface area contributed by atoms with Gasteiger partial charge in [0.15, 0.2) is 0 Å². The second-order valence-corrected chi connectivity index (χ2v) is 7.44. The van der Waals surface area contributed by atoms with E-state index in [-0.39, 0.29) is 6.03 Å². The number of aryl methyl sites for hydroxylation is 2. The van der Waals surface area contributed by atoms with E-state index in [9.17, 15) is 4.79 Å². The van der Waals surface area contributed by atoms with E-state index in [2.05, 4.69) is 49.2 Å². The number of hydrogen-bond acceptors (Lipinski definition) is 2. The van der Waals surface area contributed by atoms with Gasteiger partial charge >= 0.3 is 6.03 Å². The Balaban J connectivity index is 1.64. The maximum Gasteiger partial charge on any atom is 0.321 e. The number of nitrogens with one attached hydrogen (secondary N) is 1. The van der Waals surface area contributed by atoms with Crippen LogP contribution in [0.25, 0.3) is 0 Å². The molecule has 0 radical (unpaired) electrons. The van der Waals surface area contributed by atoms with Gasteiger partial charge in [-0.05, 0) is 43.0 Å². The smallest absolute Gasteiger partial charge is 0.321 e. The Bertz CT molecular complexity index is 759. The Morgan fingerprint density at radius 3 is 2.23 bits per heavy atom. The summed E-state index contributed by atoms with van der Waals surface area (Å²) in [5.74, 6) is 0.493. The largest absolute Gasteiger partial charge is 0.368 e. The lowest BCUT2D eigenvalue weighted by molar-refractivity contribution is 0.208. The quantitative estimate of drug-likeness (QED) is 0.864. The molecule has 2 aromatic carbocycles. The third kappa shape index (κ3) is 4.01. The fourth-order valence-electron chi connectivity index (χ4n) is 3.55. The van der Waals surface area contributed by atoms with Gasteiger partial charge in [0.25, 0.3) is 0 Å². The number of urea groups is 1. The van der Waals surface area contributed by atoms with Crippen molar-refractivity contribution in [3.8, 4) is 0 Å². The zero-order chi connectivity index (χ0) is 18.7. The van der Waals surface area contributed by atoms with Gasteiger partial charge in [0, 0.05) is 37.6 Å². The first-order chi connectivity index (χ1) is 12.5. The molecule has 0 unspecified atom stereocenters. The van der Waals surface area contributed by atoms with Gasteiger partial charge < -0.3 is 15.1 Å². The summed E-state index contributed by atoms with van der Waals surface area (Å²) < 4.78 is 0. The van der Waals surface area contributed by atoms with Crippen molar-refractivity contribution in [3.05, 3.63) is 59.2 Å². The molecule has 2 aromatic rings. The van der Waals surface area contributed by atoms with Crippen molar-refractivity contribution in [1.82, 2.24) is 4.90 Å². The van der Waals surface area contributed by atoms with Gasteiger partial charge in [-0.1, -0.05) is 49.7 Å². The molecule has 2 amide bonds. The number of carbonyl (C=O) groups excluding carboxylic acids is 1. The monoisotopic (exact) mass is 351 g/mol. The molecule has 1 saturated heterocycles. The maximum absolute atomic E-state index is 12.5. The zero-order valence-electron chi connectivity index (χ0n) is 16.2. The molecule has 0 saturated carbocycles. The standard InChI is InChI=1S/C22H29N3O/c1-16(2)20-7-5-6-18(4)21(20)24-12-14-25(15-13-24)22(26)23-19-10-8-17(3)9-11-19/h5-11,16H,12-15H2,1-4H3,(H,23,26). The minimum absolute atomic E-state index is 0.0117. The van der Waals surface area contributed by atoms with Crippen LogP contribution < -0.4 is 10.2 Å². The molecule has 4 nitrogen and oxygen atoms in total. The van der Waals surface area contributed by atoms with E-state index in [4.69, 9.17) is 0 Å². The normalized spacial score (nSPS) is 14.7. The van der Waals surface area contributed by atoms with E-state index in [0.717, 1.165) is 31.9 Å². The van der Waals surface area contributed by atoms with Crippen LogP contribution in [0.2, 0.25) is 0 Å². The van der Waals surface area contributed by atoms with Crippen molar-refractivity contribution in [2.75, 3.05) is 36.4 Å². The highest BCUT2D eigenvalue weighted by atomic mass is 16.2. The molecular formula is C22H29N3O. The number of rotatable bonds is 3. The van der Waals surface area contributed by atoms with Gasteiger partial charge in [-0.3, -0.25) is 0 Å². The molecule has 0 aromatic heterocycles. The summed E-state index contributed by atoms with van der Waals surface area (Å²) in [6, 6.07) is 14.5. The number of anilines is 2. The lowest BCUT2D eigenvalue weighted by Gasteiger charge is -2.38. The van der Waals surface area contributed by atoms with Crippen molar-refractivity contribution >= 4 is 17.4 Å². The van der Waals surface area contributed by atoms with Gasteiger partial charge in [0.1, 0.15) is 0 Å². The molecule has 0 bridgehead atoms. The van der Waals surface area contributed by atoms with Gasteiger partial charge in [-0.25, -0.2) is 4.79 Å². The summed E-state index contributed by atoms with van der Waals surface area (Å²) in [5.41, 5.74) is 6.09. The third-order valence-electron chi connectivity index (χ3n) is 5.08. The number of nitrogens with zero attached hydrogens (tertiary/aromatic N) is 2. The van der Waals surface area contributed by atoms with Crippen LogP contribution in [0.1, 0.15) is 36.5 Å². The highest BCUT2D eigenvalue weighted by Gasteiger charge is 2.24. The summed E-state index contributed by atoms with van der Waals surface area (Å²) >= 11 is 0. The van der Waals surface area contributed by atoms with Crippen molar-refractivity contribution in [2.24, 2.45) is 0 Å². The average Bonchev–Trinajstić information content (AvgIpc) is 2.63. The van der Waals surface area contributed by atoms with Gasteiger partial charge in [-0.2, -0.15) is 0 Å². The molecule has 1 fully saturated rings. The fourth-order valence-corrected chi connectivity index (χ4v) is 3.55. The number of para-hydroxylation sites is 1. The molecule has 4 heteroatoms. The molecular weight excluding hydrogens is 322 g/mol. The average molecular weight is 351 g/mol. The fraction of sp³-hybridized carbons (Fsp3) is 0.409. The minimum Gasteiger partial charge on any atom is -0.368 e. The molecule has 0 aliphatic carbocycles. The molecule has 138 valence electrons. The first-order valence-corrected chi connectivity index (χ1v) is 9.43. The minimum atomic E-state index is -0.0117. The van der Waals surface area contributed by atoms with Gasteiger partial charge in [-0.15, -0.1) is 0 Å². The molecule has 1 aliphatic heterocycles. The Kier molecular flexibility index (Phi) is 5.50. The van der Waals surface area contributed by atoms with E-state index in [1.54, 1.807) is 0 Å². The number of piperazine rings is 1. The van der Waals surface area contributed by atoms with Crippen molar-refractivity contribution in [3.63, 3.8) is 0 Å². The molecule has 1 N–H and O–H groups in total. The second-order valence-electron chi connectivity index (χ2n) is 7.44. The molecule has 3 rings (SSSR count). The van der Waals surface area contributed by atoms with Gasteiger partial charge in [0.05, 0.1) is 0 Å². The first kappa shape index (κ1) is 18.3. The summed E-state index contributed by atoms with van der Waals surface area (Å²) in [6.07, 6.45) is 0. The van der Waals surface area contributed by atoms with Crippen LogP contribution in [0.5, 0.6) is 0 Å². The van der Waals surface area contributed by atoms with Crippen LogP contribution in [0.15, 0.2) is 42.5 Å². The molecule has 26 heavy (non-hydrogen) atoms. The summed E-state index contributed by atoms with van der Waals surface area (Å²) in [6.45, 7) is 11.9. The van der Waals surface area contributed by atoms with Crippen LogP contribution >= 0.6 is 0 Å². The van der Waals surface area contributed by atoms with Crippen molar-refractivity contribution < 1.29 is 4.79 Å².